The number of nitrogens with zero attached hydrogens (tertiary/aromatic N) is 2. The molecule has 3 atom stereocenters. The summed E-state index contributed by atoms with van der Waals surface area (Å²) in [5, 5.41) is 10.9. The van der Waals surface area contributed by atoms with Crippen molar-refractivity contribution < 1.29 is 26.8 Å². The molecule has 1 N–H and O–H groups in total. The van der Waals surface area contributed by atoms with E-state index in [0.717, 1.165) is 10.5 Å². The Morgan fingerprint density at radius 3 is 2.42 bits per heavy atom. The van der Waals surface area contributed by atoms with E-state index >= 15 is 0 Å². The number of carbonyl (C=O) groups excluding carboxylic acids is 2. The van der Waals surface area contributed by atoms with Gasteiger partial charge in [0.25, 0.3) is 5.92 Å². The maximum Gasteiger partial charge on any atom is 0.267 e. The van der Waals surface area contributed by atoms with E-state index in [1.165, 1.54) is 12.1 Å². The zero-order valence-electron chi connectivity index (χ0n) is 18.0. The molecule has 1 aromatic rings. The van der Waals surface area contributed by atoms with Crippen LogP contribution in [-0.4, -0.2) is 54.9 Å². The van der Waals surface area contributed by atoms with Crippen molar-refractivity contribution in [3.63, 3.8) is 0 Å². The molecule has 7 nitrogen and oxygen atoms in total. The van der Waals surface area contributed by atoms with Gasteiger partial charge >= 0.3 is 0 Å². The Morgan fingerprint density at radius 1 is 1.21 bits per heavy atom. The summed E-state index contributed by atoms with van der Waals surface area (Å²) in [6.45, 7) is 0.863. The van der Waals surface area contributed by atoms with Gasteiger partial charge < -0.3 is 10.2 Å². The maximum atomic E-state index is 13.7. The van der Waals surface area contributed by atoms with Crippen molar-refractivity contribution in [1.82, 2.24) is 10.2 Å². The first-order valence-electron chi connectivity index (χ1n) is 10.8. The summed E-state index contributed by atoms with van der Waals surface area (Å²) in [6, 6.07) is 6.56. The topological polar surface area (TPSA) is 107 Å². The molecule has 2 amide bonds. The van der Waals surface area contributed by atoms with E-state index in [0.29, 0.717) is 12.8 Å². The predicted octanol–water partition coefficient (Wildman–Crippen LogP) is 2.86. The number of amides is 2. The molecule has 0 bridgehead atoms. The van der Waals surface area contributed by atoms with Gasteiger partial charge in [0.1, 0.15) is 5.54 Å². The monoisotopic (exact) mass is 499 g/mol. The molecule has 0 unspecified atom stereocenters. The SMILES string of the molecule is Cc1ccc(S(=O)(=O)[C@@H]2C[C@@H](C(=O)NC3(C#N)CC3)[C@H](C(=O)N3CCC(F)(F)C3)C2)c(Cl)c1. The highest BCUT2D eigenvalue weighted by Crippen LogP contribution is 2.43. The largest absolute Gasteiger partial charge is 0.338 e. The van der Waals surface area contributed by atoms with Crippen molar-refractivity contribution in [2.24, 2.45) is 11.8 Å². The minimum Gasteiger partial charge on any atom is -0.338 e. The molecule has 1 saturated heterocycles. The first kappa shape index (κ1) is 23.9. The molecule has 1 aliphatic heterocycles. The Morgan fingerprint density at radius 2 is 1.88 bits per heavy atom. The van der Waals surface area contributed by atoms with Crippen LogP contribution in [0.15, 0.2) is 23.1 Å². The number of halogens is 3. The molecular weight excluding hydrogens is 476 g/mol. The van der Waals surface area contributed by atoms with Gasteiger partial charge in [-0.2, -0.15) is 5.26 Å². The van der Waals surface area contributed by atoms with Crippen LogP contribution in [-0.2, 0) is 19.4 Å². The zero-order valence-corrected chi connectivity index (χ0v) is 19.6. The Hall–Kier alpha value is -2.25. The molecule has 4 rings (SSSR count). The smallest absolute Gasteiger partial charge is 0.267 e. The highest BCUT2D eigenvalue weighted by Gasteiger charge is 2.53. The van der Waals surface area contributed by atoms with Crippen molar-refractivity contribution in [2.75, 3.05) is 13.1 Å². The second-order valence-corrected chi connectivity index (χ2v) is 11.9. The van der Waals surface area contributed by atoms with Gasteiger partial charge in [0, 0.05) is 13.0 Å². The molecule has 1 heterocycles. The summed E-state index contributed by atoms with van der Waals surface area (Å²) in [6.07, 6.45) is 0.144. The molecule has 33 heavy (non-hydrogen) atoms. The molecule has 11 heteroatoms. The van der Waals surface area contributed by atoms with Crippen molar-refractivity contribution >= 4 is 33.3 Å². The normalized spacial score (nSPS) is 27.7. The number of sulfone groups is 1. The van der Waals surface area contributed by atoms with Crippen molar-refractivity contribution in [3.8, 4) is 6.07 Å². The third-order valence-corrected chi connectivity index (χ3v) is 9.47. The predicted molar refractivity (Wildman–Crippen MR) is 115 cm³/mol. The van der Waals surface area contributed by atoms with Crippen LogP contribution >= 0.6 is 11.6 Å². The fourth-order valence-electron chi connectivity index (χ4n) is 4.70. The van der Waals surface area contributed by atoms with E-state index in [1.54, 1.807) is 13.0 Å². The molecule has 0 radical (unpaired) electrons. The highest BCUT2D eigenvalue weighted by atomic mass is 35.5. The first-order chi connectivity index (χ1) is 15.4. The number of carbonyl (C=O) groups is 2. The third kappa shape index (κ3) is 4.58. The van der Waals surface area contributed by atoms with Crippen LogP contribution in [0.1, 0.15) is 37.7 Å². The number of rotatable bonds is 5. The number of benzene rings is 1. The molecule has 3 aliphatic rings. The molecule has 0 spiro atoms. The van der Waals surface area contributed by atoms with Gasteiger partial charge in [0.2, 0.25) is 11.8 Å². The quantitative estimate of drug-likeness (QED) is 0.670. The van der Waals surface area contributed by atoms with Crippen LogP contribution in [0.5, 0.6) is 0 Å². The number of nitrogens with one attached hydrogen (secondary N) is 1. The van der Waals surface area contributed by atoms with Crippen molar-refractivity contribution in [3.05, 3.63) is 28.8 Å². The van der Waals surface area contributed by atoms with Crippen LogP contribution < -0.4 is 5.32 Å². The van der Waals surface area contributed by atoms with Gasteiger partial charge in [-0.05, 0) is 50.3 Å². The first-order valence-corrected chi connectivity index (χ1v) is 12.7. The fraction of sp³-hybridized carbons (Fsp3) is 0.591. The maximum absolute atomic E-state index is 13.7. The van der Waals surface area contributed by atoms with Gasteiger partial charge in [0.15, 0.2) is 9.84 Å². The van der Waals surface area contributed by atoms with Crippen LogP contribution in [0.2, 0.25) is 5.02 Å². The summed E-state index contributed by atoms with van der Waals surface area (Å²) in [7, 11) is -3.99. The van der Waals surface area contributed by atoms with Crippen molar-refractivity contribution in [2.45, 2.75) is 60.6 Å². The molecule has 3 fully saturated rings. The second kappa shape index (κ2) is 8.20. The summed E-state index contributed by atoms with van der Waals surface area (Å²) < 4.78 is 54.2. The Bertz CT molecular complexity index is 1150. The minimum absolute atomic E-state index is 0.0476. The van der Waals surface area contributed by atoms with E-state index in [1.807, 2.05) is 6.07 Å². The second-order valence-electron chi connectivity index (χ2n) is 9.33. The van der Waals surface area contributed by atoms with Gasteiger partial charge in [-0.25, -0.2) is 17.2 Å². The summed E-state index contributed by atoms with van der Waals surface area (Å²) in [4.78, 5) is 27.1. The molecular formula is C22H24ClF2N3O4S. The van der Waals surface area contributed by atoms with Crippen LogP contribution in [0.25, 0.3) is 0 Å². The van der Waals surface area contributed by atoms with Gasteiger partial charge in [0.05, 0.1) is 39.6 Å². The zero-order chi connectivity index (χ0) is 24.2. The lowest BCUT2D eigenvalue weighted by Gasteiger charge is -2.24. The number of likely N-dealkylation sites (tertiary alicyclic amines) is 1. The average molecular weight is 500 g/mol. The molecule has 0 aromatic heterocycles. The Balaban J connectivity index is 1.62. The van der Waals surface area contributed by atoms with E-state index in [2.05, 4.69) is 5.32 Å². The lowest BCUT2D eigenvalue weighted by Crippen LogP contribution is -2.45. The van der Waals surface area contributed by atoms with E-state index < -0.39 is 63.2 Å². The van der Waals surface area contributed by atoms with Gasteiger partial charge in [-0.3, -0.25) is 9.59 Å². The molecule has 178 valence electrons. The number of alkyl halides is 2. The van der Waals surface area contributed by atoms with E-state index in [4.69, 9.17) is 11.6 Å². The number of aryl methyl sites for hydroxylation is 1. The lowest BCUT2D eigenvalue weighted by atomic mass is 9.93. The van der Waals surface area contributed by atoms with Gasteiger partial charge in [-0.1, -0.05) is 17.7 Å². The highest BCUT2D eigenvalue weighted by molar-refractivity contribution is 7.92. The third-order valence-electron chi connectivity index (χ3n) is 6.81. The lowest BCUT2D eigenvalue weighted by molar-refractivity contribution is -0.141. The molecule has 2 aliphatic carbocycles. The number of nitriles is 1. The Kier molecular flexibility index (Phi) is 5.94. The van der Waals surface area contributed by atoms with Gasteiger partial charge in [-0.15, -0.1) is 0 Å². The van der Waals surface area contributed by atoms with E-state index in [-0.39, 0.29) is 29.3 Å². The summed E-state index contributed by atoms with van der Waals surface area (Å²) in [5.74, 6) is -6.36. The fourth-order valence-corrected chi connectivity index (χ4v) is 7.13. The minimum atomic E-state index is -3.99. The van der Waals surface area contributed by atoms with Crippen molar-refractivity contribution in [1.29, 1.82) is 5.26 Å². The number of hydrogen-bond donors (Lipinski definition) is 1. The van der Waals surface area contributed by atoms with E-state index in [9.17, 15) is 32.0 Å². The summed E-state index contributed by atoms with van der Waals surface area (Å²) in [5.41, 5.74) is -0.223. The standard InChI is InChI=1S/C22H24ClF2N3O4S/c1-13-2-3-18(17(23)8-13)33(31,32)14-9-15(19(29)27-21(11-26)4-5-21)16(10-14)20(30)28-7-6-22(24,25)12-28/h2-3,8,14-16H,4-7,9-10,12H2,1H3,(H,27,29)/t14-,15-,16-/m1/s1. The van der Waals surface area contributed by atoms with Crippen LogP contribution in [0.3, 0.4) is 0 Å². The Labute approximate surface area is 196 Å². The van der Waals surface area contributed by atoms with Crippen LogP contribution in [0, 0.1) is 30.1 Å². The molecule has 1 aromatic carbocycles. The number of hydrogen-bond acceptors (Lipinski definition) is 5. The van der Waals surface area contributed by atoms with Crippen LogP contribution in [0.4, 0.5) is 8.78 Å². The molecule has 2 saturated carbocycles. The average Bonchev–Trinajstić information content (AvgIpc) is 3.18. The summed E-state index contributed by atoms with van der Waals surface area (Å²) >= 11 is 6.19.